The molecule has 0 unspecified atom stereocenters. The highest BCUT2D eigenvalue weighted by atomic mass is 16.7. The maximum atomic E-state index is 13.8. The average Bonchev–Trinajstić information content (AvgIpc) is 3.59. The Balaban J connectivity index is 1.21. The number of aromatic nitrogens is 1. The lowest BCUT2D eigenvalue weighted by Crippen LogP contribution is -2.63. The molecule has 7 rings (SSSR count). The van der Waals surface area contributed by atoms with E-state index in [-0.39, 0.29) is 29.3 Å². The van der Waals surface area contributed by atoms with Crippen LogP contribution in [0.25, 0.3) is 0 Å². The molecule has 2 heterocycles. The van der Waals surface area contributed by atoms with Gasteiger partial charge in [-0.15, -0.1) is 0 Å². The van der Waals surface area contributed by atoms with E-state index in [2.05, 4.69) is 18.4 Å². The molecule has 1 aromatic carbocycles. The maximum Gasteiger partial charge on any atom is 0.200 e. The zero-order chi connectivity index (χ0) is 29.6. The van der Waals surface area contributed by atoms with Crippen molar-refractivity contribution in [2.75, 3.05) is 12.3 Å². The van der Waals surface area contributed by atoms with Crippen molar-refractivity contribution < 1.29 is 29.3 Å². The van der Waals surface area contributed by atoms with Crippen LogP contribution in [0.1, 0.15) is 62.8 Å². The third-order valence-corrected chi connectivity index (χ3v) is 11.7. The quantitative estimate of drug-likeness (QED) is 0.466. The predicted octanol–water partition coefficient (Wildman–Crippen LogP) is 3.80. The number of aliphatic hydroxyl groups excluding tert-OH is 2. The number of anilines is 1. The lowest BCUT2D eigenvalue weighted by Gasteiger charge is -2.59. The minimum atomic E-state index is -1.36. The normalized spacial score (nSPS) is 40.2. The molecule has 0 amide bonds. The number of carbonyl (C=O) groups excluding carboxylic acids is 2. The van der Waals surface area contributed by atoms with Gasteiger partial charge in [0.25, 0.3) is 0 Å². The van der Waals surface area contributed by atoms with Gasteiger partial charge in [0.2, 0.25) is 6.29 Å². The fourth-order valence-electron chi connectivity index (χ4n) is 9.65. The number of nitrogens with zero attached hydrogens (tertiary/aromatic N) is 1. The van der Waals surface area contributed by atoms with E-state index >= 15 is 0 Å². The monoisotopic (exact) mass is 572 g/mol. The Hall–Kier alpha value is -3.04. The van der Waals surface area contributed by atoms with E-state index in [0.717, 1.165) is 41.1 Å². The minimum Gasteiger partial charge on any atom is -0.399 e. The van der Waals surface area contributed by atoms with Crippen LogP contribution < -0.4 is 5.73 Å². The van der Waals surface area contributed by atoms with Crippen LogP contribution in [0.3, 0.4) is 0 Å². The number of rotatable bonds is 5. The molecule has 4 N–H and O–H groups in total. The minimum absolute atomic E-state index is 0.00379. The van der Waals surface area contributed by atoms with Crippen LogP contribution in [0.15, 0.2) is 60.2 Å². The molecule has 2 aromatic rings. The highest BCUT2D eigenvalue weighted by Crippen LogP contribution is 2.70. The molecule has 8 nitrogen and oxygen atoms in total. The molecule has 222 valence electrons. The number of hydrogen-bond donors (Lipinski definition) is 3. The second-order valence-corrected chi connectivity index (χ2v) is 13.6. The average molecular weight is 573 g/mol. The summed E-state index contributed by atoms with van der Waals surface area (Å²) in [5.41, 5.74) is 8.18. The van der Waals surface area contributed by atoms with Crippen molar-refractivity contribution in [3.05, 3.63) is 77.2 Å². The maximum absolute atomic E-state index is 13.8. The summed E-state index contributed by atoms with van der Waals surface area (Å²) in [6.45, 7) is 3.54. The summed E-state index contributed by atoms with van der Waals surface area (Å²) in [5.74, 6) is -0.262. The van der Waals surface area contributed by atoms with Crippen LogP contribution in [0, 0.1) is 28.6 Å². The van der Waals surface area contributed by atoms with Crippen LogP contribution in [0.2, 0.25) is 0 Å². The zero-order valence-electron chi connectivity index (χ0n) is 24.5. The lowest BCUT2D eigenvalue weighted by molar-refractivity contribution is -0.202. The van der Waals surface area contributed by atoms with E-state index in [4.69, 9.17) is 15.2 Å². The Bertz CT molecular complexity index is 1510. The largest absolute Gasteiger partial charge is 0.399 e. The number of ether oxygens (including phenoxy) is 2. The van der Waals surface area contributed by atoms with E-state index in [0.29, 0.717) is 19.3 Å². The molecule has 42 heavy (non-hydrogen) atoms. The van der Waals surface area contributed by atoms with Gasteiger partial charge in [0.15, 0.2) is 17.2 Å². The van der Waals surface area contributed by atoms with E-state index in [9.17, 15) is 19.8 Å². The van der Waals surface area contributed by atoms with Gasteiger partial charge in [-0.1, -0.05) is 37.6 Å². The summed E-state index contributed by atoms with van der Waals surface area (Å²) >= 11 is 0. The molecule has 1 aromatic heterocycles. The molecule has 1 aliphatic heterocycles. The van der Waals surface area contributed by atoms with Crippen molar-refractivity contribution in [1.82, 2.24) is 4.57 Å². The van der Waals surface area contributed by atoms with E-state index in [1.807, 2.05) is 49.5 Å². The van der Waals surface area contributed by atoms with Crippen molar-refractivity contribution >= 4 is 17.3 Å². The van der Waals surface area contributed by atoms with E-state index in [1.165, 1.54) is 0 Å². The molecule has 8 heteroatoms. The van der Waals surface area contributed by atoms with Crippen LogP contribution in [0.5, 0.6) is 0 Å². The first-order chi connectivity index (χ1) is 20.0. The highest BCUT2D eigenvalue weighted by molar-refractivity contribution is 6.01. The molecular weight excluding hydrogens is 532 g/mol. The van der Waals surface area contributed by atoms with Crippen LogP contribution >= 0.6 is 0 Å². The van der Waals surface area contributed by atoms with Gasteiger partial charge < -0.3 is 30.0 Å². The topological polar surface area (TPSA) is 124 Å². The van der Waals surface area contributed by atoms with Crippen molar-refractivity contribution in [1.29, 1.82) is 0 Å². The summed E-state index contributed by atoms with van der Waals surface area (Å²) in [4.78, 5) is 26.0. The molecule has 4 aliphatic carbocycles. The third kappa shape index (κ3) is 3.68. The molecule has 1 saturated heterocycles. The highest BCUT2D eigenvalue weighted by Gasteiger charge is 2.76. The van der Waals surface area contributed by atoms with E-state index < -0.39 is 41.5 Å². The zero-order valence-corrected chi connectivity index (χ0v) is 24.5. The molecule has 5 aliphatic rings. The fourth-order valence-corrected chi connectivity index (χ4v) is 9.65. The summed E-state index contributed by atoms with van der Waals surface area (Å²) in [7, 11) is 1.97. The number of nitrogen functional groups attached to an aromatic ring is 1. The number of aliphatic hydroxyl groups is 2. The number of hydrogen-bond acceptors (Lipinski definition) is 7. The Morgan fingerprint density at radius 3 is 2.67 bits per heavy atom. The summed E-state index contributed by atoms with van der Waals surface area (Å²) < 4.78 is 15.5. The molecule has 9 atom stereocenters. The molecule has 3 saturated carbocycles. The first-order valence-electron chi connectivity index (χ1n) is 15.1. The number of allylic oxidation sites excluding steroid dienone is 4. The Kier molecular flexibility index (Phi) is 6.27. The number of carbonyl (C=O) groups is 2. The molecule has 4 fully saturated rings. The summed E-state index contributed by atoms with van der Waals surface area (Å²) in [6, 6.07) is 11.8. The van der Waals surface area contributed by atoms with Gasteiger partial charge in [0.1, 0.15) is 6.61 Å². The molecule has 0 bridgehead atoms. The second-order valence-electron chi connectivity index (χ2n) is 13.6. The molecule has 0 radical (unpaired) electrons. The van der Waals surface area contributed by atoms with Gasteiger partial charge in [-0.25, -0.2) is 0 Å². The van der Waals surface area contributed by atoms with Crippen LogP contribution in [-0.2, 0) is 32.5 Å². The second kappa shape index (κ2) is 9.48. The third-order valence-electron chi connectivity index (χ3n) is 11.7. The van der Waals surface area contributed by atoms with Gasteiger partial charge in [0, 0.05) is 41.6 Å². The summed E-state index contributed by atoms with van der Waals surface area (Å²) in [6.07, 6.45) is 6.65. The number of ketones is 2. The standard InChI is InChI=1S/C34H40N2O6/c1-32-13-12-23(38)15-20(32)6-10-24-25-16-29-34(28(40)18-37,33(25,2)17-27(39)30(24)32)42-31(41-29)26-11-9-22(36(26)3)14-19-4-7-21(35)8-5-19/h4-5,7-9,11-13,15,24-25,27,29-31,37,39H,6,10,14,16-18,35H2,1-3H3/t24-,25-,27-,29+,30+,31+,32-,33-,34+/m0/s1. The van der Waals surface area contributed by atoms with Crippen LogP contribution in [-0.4, -0.2) is 50.8 Å². The lowest BCUT2D eigenvalue weighted by atomic mass is 9.46. The van der Waals surface area contributed by atoms with Crippen molar-refractivity contribution in [3.63, 3.8) is 0 Å². The van der Waals surface area contributed by atoms with Gasteiger partial charge in [0.05, 0.1) is 17.9 Å². The Morgan fingerprint density at radius 2 is 1.93 bits per heavy atom. The van der Waals surface area contributed by atoms with Crippen molar-refractivity contribution in [3.8, 4) is 0 Å². The predicted molar refractivity (Wildman–Crippen MR) is 156 cm³/mol. The fraction of sp³-hybridized carbons (Fsp3) is 0.529. The van der Waals surface area contributed by atoms with E-state index in [1.54, 1.807) is 12.2 Å². The number of fused-ring (bicyclic) bond motifs is 7. The van der Waals surface area contributed by atoms with Gasteiger partial charge in [-0.05, 0) is 79.5 Å². The first-order valence-corrected chi connectivity index (χ1v) is 15.1. The van der Waals surface area contributed by atoms with Gasteiger partial charge in [-0.2, -0.15) is 0 Å². The number of benzene rings is 1. The SMILES string of the molecule is Cn1c(Cc2ccc(N)cc2)ccc1[C@@H]1O[C@@H]2C[C@H]3[C@@H]4CCC5=CC(=O)C=C[C@]5(C)[C@H]4[C@@H](O)C[C@]3(C)[C@]2(C(=O)CO)O1. The smallest absolute Gasteiger partial charge is 0.200 e. The van der Waals surface area contributed by atoms with Crippen LogP contribution in [0.4, 0.5) is 5.69 Å². The van der Waals surface area contributed by atoms with Crippen molar-refractivity contribution in [2.24, 2.45) is 35.6 Å². The van der Waals surface area contributed by atoms with Gasteiger partial charge >= 0.3 is 0 Å². The Morgan fingerprint density at radius 1 is 1.17 bits per heavy atom. The molecule has 0 spiro atoms. The number of nitrogens with two attached hydrogens (primary N) is 1. The van der Waals surface area contributed by atoms with Gasteiger partial charge in [-0.3, -0.25) is 9.59 Å². The first kappa shape index (κ1) is 27.8. The Labute approximate surface area is 246 Å². The number of Topliss-reactive ketones (excluding diaryl/α,β-unsaturated/α-hetero) is 1. The molecular formula is C34H40N2O6. The summed E-state index contributed by atoms with van der Waals surface area (Å²) in [5, 5.41) is 22.1. The van der Waals surface area contributed by atoms with Crippen molar-refractivity contribution in [2.45, 2.75) is 70.1 Å².